The highest BCUT2D eigenvalue weighted by Crippen LogP contribution is 2.69. The molecule has 1 unspecified atom stereocenters. The minimum absolute atomic E-state index is 0.701. The zero-order valence-electron chi connectivity index (χ0n) is 10.5. The quantitative estimate of drug-likeness (QED) is 0.581. The van der Waals surface area contributed by atoms with E-state index in [9.17, 15) is 0 Å². The summed E-state index contributed by atoms with van der Waals surface area (Å²) >= 11 is 0. The van der Waals surface area contributed by atoms with Crippen molar-refractivity contribution in [1.82, 2.24) is 0 Å². The lowest BCUT2D eigenvalue weighted by Crippen LogP contribution is -2.11. The zero-order valence-corrected chi connectivity index (χ0v) is 10.5. The first-order chi connectivity index (χ1) is 7.06. The first-order valence-electron chi connectivity index (χ1n) is 6.37. The number of rotatable bonds is 4. The van der Waals surface area contributed by atoms with Crippen molar-refractivity contribution in [3.8, 4) is 0 Å². The highest BCUT2D eigenvalue weighted by molar-refractivity contribution is 5.26. The maximum Gasteiger partial charge on any atom is -0.0141 e. The van der Waals surface area contributed by atoms with E-state index in [1.165, 1.54) is 37.7 Å². The van der Waals surface area contributed by atoms with Crippen LogP contribution in [0.2, 0.25) is 0 Å². The van der Waals surface area contributed by atoms with Crippen LogP contribution in [-0.2, 0) is 0 Å². The van der Waals surface area contributed by atoms with Crippen LogP contribution in [0.3, 0.4) is 0 Å². The highest BCUT2D eigenvalue weighted by atomic mass is 14.6. The van der Waals surface area contributed by atoms with E-state index < -0.39 is 0 Å². The van der Waals surface area contributed by atoms with Crippen LogP contribution in [0.1, 0.15) is 52.9 Å². The topological polar surface area (TPSA) is 0 Å². The third kappa shape index (κ3) is 1.91. The molecule has 2 fully saturated rings. The van der Waals surface area contributed by atoms with E-state index >= 15 is 0 Å². The Morgan fingerprint density at radius 2 is 2.33 bits per heavy atom. The summed E-state index contributed by atoms with van der Waals surface area (Å²) in [4.78, 5) is 0. The van der Waals surface area contributed by atoms with Crippen molar-refractivity contribution in [1.29, 1.82) is 0 Å². The molecule has 2 aliphatic carbocycles. The molecule has 0 aromatic carbocycles. The molecule has 2 rings (SSSR count). The van der Waals surface area contributed by atoms with Gasteiger partial charge >= 0.3 is 0 Å². The molecule has 0 radical (unpaired) electrons. The second-order valence-corrected chi connectivity index (χ2v) is 5.91. The summed E-state index contributed by atoms with van der Waals surface area (Å²) in [5.41, 5.74) is 3.71. The molecule has 0 aromatic rings. The van der Waals surface area contributed by atoms with Crippen molar-refractivity contribution in [2.75, 3.05) is 0 Å². The lowest BCUT2D eigenvalue weighted by Gasteiger charge is -2.20. The summed E-state index contributed by atoms with van der Waals surface area (Å²) in [6.45, 7) is 11.0. The Morgan fingerprint density at radius 1 is 1.60 bits per heavy atom. The van der Waals surface area contributed by atoms with Crippen LogP contribution in [0.4, 0.5) is 0 Å². The summed E-state index contributed by atoms with van der Waals surface area (Å²) in [5.74, 6) is 1.80. The van der Waals surface area contributed by atoms with Crippen molar-refractivity contribution in [2.24, 2.45) is 17.3 Å². The molecule has 84 valence electrons. The van der Waals surface area contributed by atoms with Crippen LogP contribution in [0.15, 0.2) is 23.8 Å². The molecule has 0 heteroatoms. The van der Waals surface area contributed by atoms with Gasteiger partial charge in [-0.15, -0.1) is 0 Å². The lowest BCUT2D eigenvalue weighted by molar-refractivity contribution is 0.302. The Kier molecular flexibility index (Phi) is 2.79. The average Bonchev–Trinajstić information content (AvgIpc) is 2.82. The SMILES string of the molecule is C=C1CC[C@]2(C(C)CCC=C(C)C)C[C@H]12. The summed E-state index contributed by atoms with van der Waals surface area (Å²) in [5, 5.41) is 0. The van der Waals surface area contributed by atoms with Crippen molar-refractivity contribution in [3.05, 3.63) is 23.8 Å². The predicted molar refractivity (Wildman–Crippen MR) is 66.7 cm³/mol. The summed E-state index contributed by atoms with van der Waals surface area (Å²) in [6, 6.07) is 0. The maximum absolute atomic E-state index is 4.20. The minimum Gasteiger partial charge on any atom is -0.0996 e. The monoisotopic (exact) mass is 204 g/mol. The predicted octanol–water partition coefficient (Wildman–Crippen LogP) is 4.73. The molecule has 0 bridgehead atoms. The van der Waals surface area contributed by atoms with Crippen LogP contribution < -0.4 is 0 Å². The van der Waals surface area contributed by atoms with E-state index in [2.05, 4.69) is 33.4 Å². The fraction of sp³-hybridized carbons (Fsp3) is 0.733. The van der Waals surface area contributed by atoms with E-state index in [1.807, 2.05) is 0 Å². The molecule has 0 nitrogen and oxygen atoms in total. The van der Waals surface area contributed by atoms with Crippen molar-refractivity contribution in [3.63, 3.8) is 0 Å². The van der Waals surface area contributed by atoms with Crippen molar-refractivity contribution < 1.29 is 0 Å². The molecule has 2 aliphatic rings. The van der Waals surface area contributed by atoms with Gasteiger partial charge in [0.25, 0.3) is 0 Å². The van der Waals surface area contributed by atoms with Gasteiger partial charge in [-0.05, 0) is 63.2 Å². The van der Waals surface area contributed by atoms with Gasteiger partial charge in [-0.1, -0.05) is 30.7 Å². The van der Waals surface area contributed by atoms with Crippen LogP contribution in [0.5, 0.6) is 0 Å². The van der Waals surface area contributed by atoms with E-state index in [-0.39, 0.29) is 0 Å². The molecule has 15 heavy (non-hydrogen) atoms. The Balaban J connectivity index is 1.85. The summed E-state index contributed by atoms with van der Waals surface area (Å²) < 4.78 is 0. The first-order valence-corrected chi connectivity index (χ1v) is 6.37. The van der Waals surface area contributed by atoms with Crippen molar-refractivity contribution >= 4 is 0 Å². The van der Waals surface area contributed by atoms with Crippen LogP contribution in [-0.4, -0.2) is 0 Å². The van der Waals surface area contributed by atoms with E-state index in [0.29, 0.717) is 5.41 Å². The van der Waals surface area contributed by atoms with Crippen LogP contribution in [0, 0.1) is 17.3 Å². The number of hydrogen-bond donors (Lipinski definition) is 0. The first kappa shape index (κ1) is 11.0. The standard InChI is InChI=1S/C15H24/c1-11(2)6-5-7-13(4)15-9-8-12(3)14(15)10-15/h6,13-14H,3,5,7-10H2,1-2,4H3/t13?,14-,15-/m1/s1. The van der Waals surface area contributed by atoms with Gasteiger partial charge in [0.15, 0.2) is 0 Å². The Bertz CT molecular complexity index is 293. The van der Waals surface area contributed by atoms with E-state index in [4.69, 9.17) is 0 Å². The van der Waals surface area contributed by atoms with Crippen LogP contribution in [0.25, 0.3) is 0 Å². The summed E-state index contributed by atoms with van der Waals surface area (Å²) in [7, 11) is 0. The van der Waals surface area contributed by atoms with Gasteiger partial charge in [-0.25, -0.2) is 0 Å². The van der Waals surface area contributed by atoms with Gasteiger partial charge in [0.2, 0.25) is 0 Å². The highest BCUT2D eigenvalue weighted by Gasteiger charge is 2.60. The minimum atomic E-state index is 0.701. The lowest BCUT2D eigenvalue weighted by atomic mass is 9.85. The molecule has 0 aliphatic heterocycles. The molecule has 3 atom stereocenters. The molecular weight excluding hydrogens is 180 g/mol. The molecule has 0 spiro atoms. The van der Waals surface area contributed by atoms with Gasteiger partial charge < -0.3 is 0 Å². The molecule has 0 N–H and O–H groups in total. The van der Waals surface area contributed by atoms with Crippen molar-refractivity contribution in [2.45, 2.75) is 52.9 Å². The number of fused-ring (bicyclic) bond motifs is 1. The summed E-state index contributed by atoms with van der Waals surface area (Å²) in [6.07, 6.45) is 9.19. The normalized spacial score (nSPS) is 34.9. The maximum atomic E-state index is 4.20. The van der Waals surface area contributed by atoms with E-state index in [1.54, 1.807) is 5.57 Å². The Hall–Kier alpha value is -0.520. The average molecular weight is 204 g/mol. The number of hydrogen-bond acceptors (Lipinski definition) is 0. The largest absolute Gasteiger partial charge is 0.0996 e. The Morgan fingerprint density at radius 3 is 2.80 bits per heavy atom. The number of allylic oxidation sites excluding steroid dienone is 3. The van der Waals surface area contributed by atoms with Gasteiger partial charge in [-0.2, -0.15) is 0 Å². The third-order valence-corrected chi connectivity index (χ3v) is 4.66. The van der Waals surface area contributed by atoms with Gasteiger partial charge in [0, 0.05) is 0 Å². The fourth-order valence-corrected chi connectivity index (χ4v) is 3.42. The second-order valence-electron chi connectivity index (χ2n) is 5.91. The van der Waals surface area contributed by atoms with Crippen LogP contribution >= 0.6 is 0 Å². The third-order valence-electron chi connectivity index (χ3n) is 4.66. The molecule has 0 aromatic heterocycles. The zero-order chi connectivity index (χ0) is 11.1. The fourth-order valence-electron chi connectivity index (χ4n) is 3.42. The van der Waals surface area contributed by atoms with E-state index in [0.717, 1.165) is 11.8 Å². The molecule has 2 saturated carbocycles. The molecule has 0 amide bonds. The Labute approximate surface area is 94.5 Å². The van der Waals surface area contributed by atoms with Gasteiger partial charge in [0.1, 0.15) is 0 Å². The van der Waals surface area contributed by atoms with Gasteiger partial charge in [-0.3, -0.25) is 0 Å². The molecule has 0 heterocycles. The second kappa shape index (κ2) is 3.81. The smallest absolute Gasteiger partial charge is 0.0141 e. The van der Waals surface area contributed by atoms with Gasteiger partial charge in [0.05, 0.1) is 0 Å². The molecule has 0 saturated heterocycles. The molecular formula is C15H24.